The molecule has 0 aromatic heterocycles. The molecule has 1 aromatic carbocycles. The SMILES string of the molecule is CCNC(=NCCc1ccc2c(c1)CCO2)NC1CCS(=O)(=O)C1. The van der Waals surface area contributed by atoms with Crippen LogP contribution in [-0.2, 0) is 22.7 Å². The maximum absolute atomic E-state index is 11.6. The van der Waals surface area contributed by atoms with Crippen LogP contribution in [-0.4, -0.2) is 51.6 Å². The molecule has 1 aromatic rings. The van der Waals surface area contributed by atoms with Crippen LogP contribution in [0.3, 0.4) is 0 Å². The Kier molecular flexibility index (Phi) is 5.28. The third-order valence-electron chi connectivity index (χ3n) is 4.34. The predicted octanol–water partition coefficient (Wildman–Crippen LogP) is 0.906. The van der Waals surface area contributed by atoms with E-state index in [1.165, 1.54) is 11.1 Å². The summed E-state index contributed by atoms with van der Waals surface area (Å²) in [7, 11) is -2.88. The zero-order chi connectivity index (χ0) is 17.0. The third kappa shape index (κ3) is 4.41. The minimum atomic E-state index is -2.88. The average Bonchev–Trinajstić information content (AvgIpc) is 3.13. The van der Waals surface area contributed by atoms with E-state index in [0.29, 0.717) is 18.9 Å². The van der Waals surface area contributed by atoms with Crippen molar-refractivity contribution >= 4 is 15.8 Å². The number of nitrogens with one attached hydrogen (secondary N) is 2. The maximum Gasteiger partial charge on any atom is 0.191 e. The monoisotopic (exact) mass is 351 g/mol. The molecule has 1 unspecified atom stereocenters. The molecule has 0 amide bonds. The molecule has 0 spiro atoms. The lowest BCUT2D eigenvalue weighted by atomic mass is 10.1. The Hall–Kier alpha value is -1.76. The Morgan fingerprint density at radius 2 is 2.29 bits per heavy atom. The summed E-state index contributed by atoms with van der Waals surface area (Å²) < 4.78 is 28.6. The molecule has 1 atom stereocenters. The second kappa shape index (κ2) is 7.42. The van der Waals surface area contributed by atoms with E-state index in [2.05, 4.69) is 27.8 Å². The first-order chi connectivity index (χ1) is 11.6. The van der Waals surface area contributed by atoms with Crippen molar-refractivity contribution in [1.82, 2.24) is 10.6 Å². The van der Waals surface area contributed by atoms with Crippen molar-refractivity contribution in [3.8, 4) is 5.75 Å². The highest BCUT2D eigenvalue weighted by Crippen LogP contribution is 2.25. The molecule has 1 saturated heterocycles. The topological polar surface area (TPSA) is 79.8 Å². The quantitative estimate of drug-likeness (QED) is 0.609. The molecule has 1 fully saturated rings. The molecule has 2 aliphatic rings. The molecule has 132 valence electrons. The summed E-state index contributed by atoms with van der Waals surface area (Å²) >= 11 is 0. The normalized spacial score (nSPS) is 22.0. The summed E-state index contributed by atoms with van der Waals surface area (Å²) in [5.41, 5.74) is 2.53. The van der Waals surface area contributed by atoms with E-state index in [1.807, 2.05) is 13.0 Å². The summed E-state index contributed by atoms with van der Waals surface area (Å²) in [4.78, 5) is 4.58. The van der Waals surface area contributed by atoms with Crippen LogP contribution in [0.2, 0.25) is 0 Å². The van der Waals surface area contributed by atoms with Crippen LogP contribution in [0, 0.1) is 0 Å². The number of fused-ring (bicyclic) bond motifs is 1. The van der Waals surface area contributed by atoms with Crippen LogP contribution >= 0.6 is 0 Å². The molecular formula is C17H25N3O3S. The molecule has 0 aliphatic carbocycles. The largest absolute Gasteiger partial charge is 0.493 e. The first-order valence-corrected chi connectivity index (χ1v) is 10.4. The Morgan fingerprint density at radius 1 is 1.42 bits per heavy atom. The fraction of sp³-hybridized carbons (Fsp3) is 0.588. The van der Waals surface area contributed by atoms with E-state index in [1.54, 1.807) is 0 Å². The van der Waals surface area contributed by atoms with E-state index < -0.39 is 9.84 Å². The summed E-state index contributed by atoms with van der Waals surface area (Å²) in [6, 6.07) is 6.28. The number of rotatable bonds is 5. The van der Waals surface area contributed by atoms with Gasteiger partial charge in [-0.05, 0) is 37.0 Å². The average molecular weight is 351 g/mol. The predicted molar refractivity (Wildman–Crippen MR) is 95.5 cm³/mol. The number of sulfone groups is 1. The lowest BCUT2D eigenvalue weighted by Crippen LogP contribution is -2.44. The van der Waals surface area contributed by atoms with Crippen LogP contribution in [0.4, 0.5) is 0 Å². The Balaban J connectivity index is 1.56. The lowest BCUT2D eigenvalue weighted by Gasteiger charge is -2.15. The highest BCUT2D eigenvalue weighted by molar-refractivity contribution is 7.91. The van der Waals surface area contributed by atoms with Gasteiger partial charge in [0, 0.05) is 25.6 Å². The summed E-state index contributed by atoms with van der Waals surface area (Å²) in [6.07, 6.45) is 2.48. The second-order valence-electron chi connectivity index (χ2n) is 6.30. The van der Waals surface area contributed by atoms with Crippen molar-refractivity contribution in [2.45, 2.75) is 32.2 Å². The molecule has 0 bridgehead atoms. The molecule has 2 aliphatic heterocycles. The first-order valence-electron chi connectivity index (χ1n) is 8.55. The van der Waals surface area contributed by atoms with Crippen molar-refractivity contribution in [2.24, 2.45) is 4.99 Å². The van der Waals surface area contributed by atoms with Crippen molar-refractivity contribution in [2.75, 3.05) is 31.2 Å². The van der Waals surface area contributed by atoms with Gasteiger partial charge in [-0.3, -0.25) is 4.99 Å². The molecular weight excluding hydrogens is 326 g/mol. The maximum atomic E-state index is 11.6. The molecule has 0 radical (unpaired) electrons. The zero-order valence-corrected chi connectivity index (χ0v) is 14.9. The van der Waals surface area contributed by atoms with Gasteiger partial charge in [-0.2, -0.15) is 0 Å². The smallest absolute Gasteiger partial charge is 0.191 e. The van der Waals surface area contributed by atoms with Crippen molar-refractivity contribution in [3.63, 3.8) is 0 Å². The Labute approximate surface area is 143 Å². The highest BCUT2D eigenvalue weighted by Gasteiger charge is 2.28. The van der Waals surface area contributed by atoms with Gasteiger partial charge < -0.3 is 15.4 Å². The third-order valence-corrected chi connectivity index (χ3v) is 6.11. The van der Waals surface area contributed by atoms with E-state index in [0.717, 1.165) is 31.7 Å². The van der Waals surface area contributed by atoms with Gasteiger partial charge in [0.1, 0.15) is 5.75 Å². The van der Waals surface area contributed by atoms with E-state index in [4.69, 9.17) is 4.74 Å². The minimum Gasteiger partial charge on any atom is -0.493 e. The van der Waals surface area contributed by atoms with E-state index in [-0.39, 0.29) is 17.5 Å². The number of nitrogens with zero attached hydrogens (tertiary/aromatic N) is 1. The highest BCUT2D eigenvalue weighted by atomic mass is 32.2. The molecule has 2 N–H and O–H groups in total. The number of aliphatic imine (C=N–C) groups is 1. The minimum absolute atomic E-state index is 0.0371. The summed E-state index contributed by atoms with van der Waals surface area (Å²) in [6.45, 7) is 4.19. The van der Waals surface area contributed by atoms with Crippen LogP contribution < -0.4 is 15.4 Å². The molecule has 7 heteroatoms. The van der Waals surface area contributed by atoms with Gasteiger partial charge in [0.15, 0.2) is 15.8 Å². The second-order valence-corrected chi connectivity index (χ2v) is 8.52. The van der Waals surface area contributed by atoms with Gasteiger partial charge in [-0.25, -0.2) is 8.42 Å². The van der Waals surface area contributed by atoms with Crippen molar-refractivity contribution < 1.29 is 13.2 Å². The molecule has 24 heavy (non-hydrogen) atoms. The van der Waals surface area contributed by atoms with Gasteiger partial charge in [-0.1, -0.05) is 12.1 Å². The summed E-state index contributed by atoms with van der Waals surface area (Å²) in [5.74, 6) is 2.16. The fourth-order valence-corrected chi connectivity index (χ4v) is 4.79. The standard InChI is InChI=1S/C17H25N3O3S/c1-2-18-17(20-15-7-10-24(21,22)12-15)19-8-5-13-3-4-16-14(11-13)6-9-23-16/h3-4,11,15H,2,5-10,12H2,1H3,(H2,18,19,20). The van der Waals surface area contributed by atoms with Gasteiger partial charge >= 0.3 is 0 Å². The zero-order valence-electron chi connectivity index (χ0n) is 14.0. The number of hydrogen-bond acceptors (Lipinski definition) is 4. The van der Waals surface area contributed by atoms with Gasteiger partial charge in [0.05, 0.1) is 18.1 Å². The number of hydrogen-bond donors (Lipinski definition) is 2. The molecule has 2 heterocycles. The fourth-order valence-electron chi connectivity index (χ4n) is 3.11. The number of ether oxygens (including phenoxy) is 1. The van der Waals surface area contributed by atoms with E-state index >= 15 is 0 Å². The van der Waals surface area contributed by atoms with Crippen LogP contribution in [0.15, 0.2) is 23.2 Å². The van der Waals surface area contributed by atoms with Crippen molar-refractivity contribution in [3.05, 3.63) is 29.3 Å². The molecule has 0 saturated carbocycles. The lowest BCUT2D eigenvalue weighted by molar-refractivity contribution is 0.357. The molecule has 6 nitrogen and oxygen atoms in total. The Bertz CT molecular complexity index is 716. The molecule has 3 rings (SSSR count). The number of benzene rings is 1. The number of guanidine groups is 1. The van der Waals surface area contributed by atoms with Gasteiger partial charge in [0.25, 0.3) is 0 Å². The Morgan fingerprint density at radius 3 is 3.04 bits per heavy atom. The van der Waals surface area contributed by atoms with Crippen LogP contribution in [0.5, 0.6) is 5.75 Å². The van der Waals surface area contributed by atoms with Gasteiger partial charge in [0.2, 0.25) is 0 Å². The summed E-state index contributed by atoms with van der Waals surface area (Å²) in [5, 5.41) is 6.43. The van der Waals surface area contributed by atoms with E-state index in [9.17, 15) is 8.42 Å². The van der Waals surface area contributed by atoms with Crippen LogP contribution in [0.25, 0.3) is 0 Å². The van der Waals surface area contributed by atoms with Crippen molar-refractivity contribution in [1.29, 1.82) is 0 Å². The van der Waals surface area contributed by atoms with Gasteiger partial charge in [-0.15, -0.1) is 0 Å². The first kappa shape index (κ1) is 17.1. The van der Waals surface area contributed by atoms with Crippen LogP contribution in [0.1, 0.15) is 24.5 Å².